The van der Waals surface area contributed by atoms with E-state index in [4.69, 9.17) is 0 Å². The molecule has 2 rings (SSSR count). The summed E-state index contributed by atoms with van der Waals surface area (Å²) in [7, 11) is 0. The molecule has 1 saturated carbocycles. The predicted molar refractivity (Wildman–Crippen MR) is 85.4 cm³/mol. The van der Waals surface area contributed by atoms with Crippen LogP contribution in [0.5, 0.6) is 0 Å². The molecule has 0 aromatic carbocycles. The molecule has 1 aliphatic rings. The van der Waals surface area contributed by atoms with Crippen LogP contribution in [0.4, 0.5) is 4.79 Å². The average Bonchev–Trinajstić information content (AvgIpc) is 2.85. The van der Waals surface area contributed by atoms with E-state index in [-0.39, 0.29) is 5.92 Å². The second-order valence-electron chi connectivity index (χ2n) is 5.46. The lowest BCUT2D eigenvalue weighted by molar-refractivity contribution is -0.148. The lowest BCUT2D eigenvalue weighted by Gasteiger charge is -2.39. The molecule has 1 heterocycles. The summed E-state index contributed by atoms with van der Waals surface area (Å²) in [6.07, 6.45) is 3.16. The van der Waals surface area contributed by atoms with Gasteiger partial charge in [0.05, 0.1) is 6.54 Å². The summed E-state index contributed by atoms with van der Waals surface area (Å²) in [5.41, 5.74) is -1.14. The summed E-state index contributed by atoms with van der Waals surface area (Å²) in [5.74, 6) is -1.01. The van der Waals surface area contributed by atoms with Crippen molar-refractivity contribution >= 4 is 39.3 Å². The molecule has 1 aromatic rings. The van der Waals surface area contributed by atoms with Gasteiger partial charge in [-0.3, -0.25) is 0 Å². The monoisotopic (exact) mass is 374 g/mol. The molecule has 21 heavy (non-hydrogen) atoms. The highest BCUT2D eigenvalue weighted by Crippen LogP contribution is 2.33. The maximum atomic E-state index is 12.1. The molecule has 1 aromatic heterocycles. The molecule has 7 heteroatoms. The van der Waals surface area contributed by atoms with Gasteiger partial charge in [-0.15, -0.1) is 11.3 Å². The summed E-state index contributed by atoms with van der Waals surface area (Å²) in [5, 5.41) is 16.9. The van der Waals surface area contributed by atoms with Gasteiger partial charge in [-0.25, -0.2) is 9.59 Å². The van der Waals surface area contributed by atoms with E-state index in [0.717, 1.165) is 28.6 Å². The number of halogens is 1. The number of carbonyl (C=O) groups is 2. The number of aliphatic carboxylic acids is 1. The molecule has 2 unspecified atom stereocenters. The summed E-state index contributed by atoms with van der Waals surface area (Å²) in [6.45, 7) is 2.29. The third-order valence-corrected chi connectivity index (χ3v) is 5.76. The molecule has 1 fully saturated rings. The summed E-state index contributed by atoms with van der Waals surface area (Å²) in [6, 6.07) is 1.51. The molecule has 1 aliphatic carbocycles. The van der Waals surface area contributed by atoms with Crippen molar-refractivity contribution in [2.75, 3.05) is 0 Å². The van der Waals surface area contributed by atoms with Gasteiger partial charge in [0.15, 0.2) is 0 Å². The Morgan fingerprint density at radius 2 is 2.29 bits per heavy atom. The van der Waals surface area contributed by atoms with Crippen LogP contribution in [0.25, 0.3) is 0 Å². The number of thiophene rings is 1. The first-order valence-corrected chi connectivity index (χ1v) is 8.63. The quantitative estimate of drug-likeness (QED) is 0.755. The predicted octanol–water partition coefficient (Wildman–Crippen LogP) is 3.34. The van der Waals surface area contributed by atoms with Crippen LogP contribution in [0, 0.1) is 5.92 Å². The summed E-state index contributed by atoms with van der Waals surface area (Å²) < 4.78 is 0.979. The Morgan fingerprint density at radius 1 is 1.52 bits per heavy atom. The minimum atomic E-state index is -1.14. The van der Waals surface area contributed by atoms with Crippen molar-refractivity contribution in [2.45, 2.75) is 44.7 Å². The topological polar surface area (TPSA) is 78.4 Å². The second kappa shape index (κ2) is 6.79. The van der Waals surface area contributed by atoms with Crippen molar-refractivity contribution < 1.29 is 14.7 Å². The third-order valence-electron chi connectivity index (χ3n) is 4.06. The van der Waals surface area contributed by atoms with Gasteiger partial charge in [-0.05, 0) is 40.8 Å². The Morgan fingerprint density at radius 3 is 2.86 bits per heavy atom. The van der Waals surface area contributed by atoms with E-state index < -0.39 is 17.5 Å². The van der Waals surface area contributed by atoms with E-state index in [1.54, 1.807) is 0 Å². The maximum Gasteiger partial charge on any atom is 0.329 e. The first-order valence-electron chi connectivity index (χ1n) is 6.96. The average molecular weight is 375 g/mol. The molecule has 0 spiro atoms. The van der Waals surface area contributed by atoms with Crippen LogP contribution in [0.3, 0.4) is 0 Å². The van der Waals surface area contributed by atoms with Crippen molar-refractivity contribution in [2.24, 2.45) is 5.92 Å². The minimum absolute atomic E-state index is 0.0645. The van der Waals surface area contributed by atoms with Crippen LogP contribution in [0.2, 0.25) is 0 Å². The van der Waals surface area contributed by atoms with Gasteiger partial charge in [-0.2, -0.15) is 0 Å². The van der Waals surface area contributed by atoms with Crippen LogP contribution in [0.15, 0.2) is 15.9 Å². The largest absolute Gasteiger partial charge is 0.479 e. The van der Waals surface area contributed by atoms with E-state index in [1.165, 1.54) is 11.3 Å². The highest BCUT2D eigenvalue weighted by molar-refractivity contribution is 9.10. The number of nitrogens with one attached hydrogen (secondary N) is 2. The van der Waals surface area contributed by atoms with Gasteiger partial charge in [0.1, 0.15) is 5.54 Å². The normalized spacial score (nSPS) is 25.3. The van der Waals surface area contributed by atoms with Crippen molar-refractivity contribution in [3.63, 3.8) is 0 Å². The Kier molecular flexibility index (Phi) is 5.27. The van der Waals surface area contributed by atoms with Crippen molar-refractivity contribution in [3.8, 4) is 0 Å². The molecule has 0 aliphatic heterocycles. The van der Waals surface area contributed by atoms with Gasteiger partial charge < -0.3 is 15.7 Å². The fourth-order valence-electron chi connectivity index (χ4n) is 2.76. The molecule has 2 amide bonds. The zero-order valence-corrected chi connectivity index (χ0v) is 14.2. The maximum absolute atomic E-state index is 12.1. The van der Waals surface area contributed by atoms with E-state index in [0.29, 0.717) is 13.0 Å². The molecule has 0 saturated heterocycles. The lowest BCUT2D eigenvalue weighted by atomic mass is 9.73. The number of amides is 2. The van der Waals surface area contributed by atoms with Gasteiger partial charge in [0, 0.05) is 14.7 Å². The van der Waals surface area contributed by atoms with E-state index in [9.17, 15) is 14.7 Å². The van der Waals surface area contributed by atoms with Gasteiger partial charge in [-0.1, -0.05) is 19.8 Å². The standard InChI is InChI=1S/C14H19BrN2O3S/c1-9-4-2-3-5-14(9,12(18)19)17-13(20)16-7-11-6-10(15)8-21-11/h6,8-9H,2-5,7H2,1H3,(H,18,19)(H2,16,17,20). The number of urea groups is 1. The molecular weight excluding hydrogens is 356 g/mol. The summed E-state index contributed by atoms with van der Waals surface area (Å²) in [4.78, 5) is 24.7. The van der Waals surface area contributed by atoms with Crippen LogP contribution in [0.1, 0.15) is 37.5 Å². The zero-order valence-electron chi connectivity index (χ0n) is 11.8. The van der Waals surface area contributed by atoms with Crippen LogP contribution < -0.4 is 10.6 Å². The zero-order chi connectivity index (χ0) is 15.5. The Bertz CT molecular complexity index is 534. The first kappa shape index (κ1) is 16.3. The number of rotatable bonds is 4. The second-order valence-corrected chi connectivity index (χ2v) is 7.37. The van der Waals surface area contributed by atoms with Crippen molar-refractivity contribution in [1.29, 1.82) is 0 Å². The lowest BCUT2D eigenvalue weighted by Crippen LogP contribution is -2.61. The van der Waals surface area contributed by atoms with Gasteiger partial charge in [0.2, 0.25) is 0 Å². The van der Waals surface area contributed by atoms with E-state index >= 15 is 0 Å². The molecule has 0 bridgehead atoms. The fourth-order valence-corrected chi connectivity index (χ4v) is 4.16. The third kappa shape index (κ3) is 3.77. The number of hydrogen-bond donors (Lipinski definition) is 3. The fraction of sp³-hybridized carbons (Fsp3) is 0.571. The number of carbonyl (C=O) groups excluding carboxylic acids is 1. The molecule has 2 atom stereocenters. The molecule has 0 radical (unpaired) electrons. The summed E-state index contributed by atoms with van der Waals surface area (Å²) >= 11 is 4.90. The Balaban J connectivity index is 1.97. The van der Waals surface area contributed by atoms with E-state index in [1.807, 2.05) is 18.4 Å². The van der Waals surface area contributed by atoms with Gasteiger partial charge in [0.25, 0.3) is 0 Å². The smallest absolute Gasteiger partial charge is 0.329 e. The van der Waals surface area contributed by atoms with Crippen LogP contribution in [-0.4, -0.2) is 22.6 Å². The first-order chi connectivity index (χ1) is 9.94. The number of carboxylic acid groups (broad SMARTS) is 1. The number of hydrogen-bond acceptors (Lipinski definition) is 3. The Labute approximate surface area is 136 Å². The molecule has 5 nitrogen and oxygen atoms in total. The van der Waals surface area contributed by atoms with Gasteiger partial charge >= 0.3 is 12.0 Å². The van der Waals surface area contributed by atoms with Crippen LogP contribution in [-0.2, 0) is 11.3 Å². The SMILES string of the molecule is CC1CCCCC1(NC(=O)NCc1cc(Br)cs1)C(=O)O. The highest BCUT2D eigenvalue weighted by atomic mass is 79.9. The van der Waals surface area contributed by atoms with Crippen molar-refractivity contribution in [3.05, 3.63) is 20.8 Å². The minimum Gasteiger partial charge on any atom is -0.479 e. The number of carboxylic acids is 1. The molecular formula is C14H19BrN2O3S. The Hall–Kier alpha value is -1.08. The van der Waals surface area contributed by atoms with E-state index in [2.05, 4.69) is 26.6 Å². The van der Waals surface area contributed by atoms with Crippen LogP contribution >= 0.6 is 27.3 Å². The highest BCUT2D eigenvalue weighted by Gasteiger charge is 2.46. The van der Waals surface area contributed by atoms with Crippen molar-refractivity contribution in [1.82, 2.24) is 10.6 Å². The molecule has 116 valence electrons. The molecule has 3 N–H and O–H groups in total.